The number of rotatable bonds is 34. The van der Waals surface area contributed by atoms with Crippen LogP contribution in [0.1, 0.15) is 162 Å². The van der Waals surface area contributed by atoms with Gasteiger partial charge in [-0.2, -0.15) is 0 Å². The Labute approximate surface area is 298 Å². The summed E-state index contributed by atoms with van der Waals surface area (Å²) in [7, 11) is -4.76. The van der Waals surface area contributed by atoms with Gasteiger partial charge in [0.1, 0.15) is 6.61 Å². The number of ether oxygens (including phenoxy) is 2. The van der Waals surface area contributed by atoms with Crippen molar-refractivity contribution in [3.8, 4) is 0 Å². The zero-order chi connectivity index (χ0) is 36.1. The molecule has 1 atom stereocenters. The number of carbonyl (C=O) groups is 2. The summed E-state index contributed by atoms with van der Waals surface area (Å²) in [6, 6.07) is 0. The van der Waals surface area contributed by atoms with E-state index in [1.807, 2.05) is 0 Å². The first kappa shape index (κ1) is 46.8. The lowest BCUT2D eigenvalue weighted by atomic mass is 10.1. The highest BCUT2D eigenvalue weighted by Gasteiger charge is 2.22. The van der Waals surface area contributed by atoms with Gasteiger partial charge in [0.25, 0.3) is 0 Å². The Morgan fingerprint density at radius 2 is 0.980 bits per heavy atom. The van der Waals surface area contributed by atoms with Gasteiger partial charge < -0.3 is 19.3 Å². The van der Waals surface area contributed by atoms with Crippen LogP contribution < -0.4 is 0 Å². The predicted molar refractivity (Wildman–Crippen MR) is 202 cm³/mol. The van der Waals surface area contributed by atoms with Gasteiger partial charge in [-0.3, -0.25) is 14.1 Å². The number of esters is 2. The molecule has 0 aromatic carbocycles. The molecule has 0 fully saturated rings. The molecule has 0 heterocycles. The molecule has 0 aromatic rings. The third kappa shape index (κ3) is 38.4. The van der Waals surface area contributed by atoms with Crippen LogP contribution in [-0.4, -0.2) is 41.0 Å². The number of phosphoric acid groups is 1. The van der Waals surface area contributed by atoms with Crippen molar-refractivity contribution in [2.24, 2.45) is 0 Å². The highest BCUT2D eigenvalue weighted by atomic mass is 31.2. The number of phosphoric ester groups is 1. The summed E-state index contributed by atoms with van der Waals surface area (Å²) in [5, 5.41) is 0. The van der Waals surface area contributed by atoms with Gasteiger partial charge in [-0.15, -0.1) is 0 Å². The molecule has 0 radical (unpaired) electrons. The maximum atomic E-state index is 12.3. The molecule has 0 aliphatic heterocycles. The SMILES string of the molecule is CC/C=C\C/C=C\C/C=C\CCCCCC(=O)OC(COC(=O)CCCCCCCCC/C=C\C/C=C\CCCCCC)COP(=O)(O)O. The monoisotopic (exact) mass is 708 g/mol. The Bertz CT molecular complexity index is 979. The molecule has 0 amide bonds. The average Bonchev–Trinajstić information content (AvgIpc) is 3.07. The van der Waals surface area contributed by atoms with Crippen LogP contribution in [-0.2, 0) is 28.2 Å². The average molecular weight is 709 g/mol. The Hall–Kier alpha value is -2.25. The molecule has 8 nitrogen and oxygen atoms in total. The summed E-state index contributed by atoms with van der Waals surface area (Å²) < 4.78 is 26.3. The first-order valence-corrected chi connectivity index (χ1v) is 20.6. The maximum absolute atomic E-state index is 12.3. The van der Waals surface area contributed by atoms with Crippen molar-refractivity contribution in [3.05, 3.63) is 60.8 Å². The zero-order valence-corrected chi connectivity index (χ0v) is 31.7. The fraction of sp³-hybridized carbons (Fsp3) is 0.700. The molecular weight excluding hydrogens is 639 g/mol. The van der Waals surface area contributed by atoms with E-state index in [0.29, 0.717) is 12.8 Å². The lowest BCUT2D eigenvalue weighted by Crippen LogP contribution is -2.29. The smallest absolute Gasteiger partial charge is 0.462 e. The second-order valence-corrected chi connectivity index (χ2v) is 13.8. The van der Waals surface area contributed by atoms with Gasteiger partial charge in [0.05, 0.1) is 6.61 Å². The number of hydrogen-bond acceptors (Lipinski definition) is 6. The molecule has 0 aliphatic carbocycles. The van der Waals surface area contributed by atoms with Crippen molar-refractivity contribution in [2.45, 2.75) is 168 Å². The van der Waals surface area contributed by atoms with Gasteiger partial charge in [0, 0.05) is 12.8 Å². The van der Waals surface area contributed by atoms with E-state index in [2.05, 4.69) is 79.1 Å². The van der Waals surface area contributed by atoms with E-state index in [1.54, 1.807) is 0 Å². The molecule has 282 valence electrons. The number of carbonyl (C=O) groups excluding carboxylic acids is 2. The highest BCUT2D eigenvalue weighted by Crippen LogP contribution is 2.36. The van der Waals surface area contributed by atoms with Crippen LogP contribution in [0.5, 0.6) is 0 Å². The minimum absolute atomic E-state index is 0.172. The Balaban J connectivity index is 4.01. The molecule has 0 aromatic heterocycles. The van der Waals surface area contributed by atoms with Crippen molar-refractivity contribution in [1.29, 1.82) is 0 Å². The normalized spacial score (nSPS) is 13.1. The third-order valence-electron chi connectivity index (χ3n) is 7.77. The first-order valence-electron chi connectivity index (χ1n) is 19.1. The van der Waals surface area contributed by atoms with Gasteiger partial charge in [0.2, 0.25) is 0 Å². The molecule has 9 heteroatoms. The molecule has 0 saturated heterocycles. The van der Waals surface area contributed by atoms with Crippen LogP contribution in [0.15, 0.2) is 60.8 Å². The van der Waals surface area contributed by atoms with Gasteiger partial charge in [-0.1, -0.05) is 132 Å². The predicted octanol–water partition coefficient (Wildman–Crippen LogP) is 11.3. The van der Waals surface area contributed by atoms with Crippen molar-refractivity contribution >= 4 is 19.8 Å². The quantitative estimate of drug-likeness (QED) is 0.0293. The van der Waals surface area contributed by atoms with E-state index in [1.165, 1.54) is 51.4 Å². The van der Waals surface area contributed by atoms with E-state index in [9.17, 15) is 14.2 Å². The van der Waals surface area contributed by atoms with Gasteiger partial charge in [-0.05, 0) is 77.0 Å². The van der Waals surface area contributed by atoms with Crippen LogP contribution >= 0.6 is 7.82 Å². The Kier molecular flexibility index (Phi) is 33.9. The van der Waals surface area contributed by atoms with Crippen molar-refractivity contribution < 1.29 is 37.9 Å². The summed E-state index contributed by atoms with van der Waals surface area (Å²) in [6.07, 6.45) is 43.7. The minimum atomic E-state index is -4.76. The van der Waals surface area contributed by atoms with Crippen LogP contribution in [0.2, 0.25) is 0 Å². The minimum Gasteiger partial charge on any atom is -0.462 e. The zero-order valence-electron chi connectivity index (χ0n) is 30.8. The molecule has 2 N–H and O–H groups in total. The topological polar surface area (TPSA) is 119 Å². The second kappa shape index (κ2) is 35.6. The Morgan fingerprint density at radius 1 is 0.551 bits per heavy atom. The van der Waals surface area contributed by atoms with Crippen LogP contribution in [0, 0.1) is 0 Å². The summed E-state index contributed by atoms with van der Waals surface area (Å²) >= 11 is 0. The van der Waals surface area contributed by atoms with E-state index in [-0.39, 0.29) is 19.4 Å². The second-order valence-electron chi connectivity index (χ2n) is 12.5. The molecule has 49 heavy (non-hydrogen) atoms. The van der Waals surface area contributed by atoms with Crippen molar-refractivity contribution in [2.75, 3.05) is 13.2 Å². The van der Waals surface area contributed by atoms with Gasteiger partial charge >= 0.3 is 19.8 Å². The third-order valence-corrected chi connectivity index (χ3v) is 8.26. The fourth-order valence-electron chi connectivity index (χ4n) is 4.95. The maximum Gasteiger partial charge on any atom is 0.469 e. The molecule has 0 aliphatic rings. The highest BCUT2D eigenvalue weighted by molar-refractivity contribution is 7.46. The fourth-order valence-corrected chi connectivity index (χ4v) is 5.31. The number of allylic oxidation sites excluding steroid dienone is 10. The number of hydrogen-bond donors (Lipinski definition) is 2. The molecule has 0 rings (SSSR count). The summed E-state index contributed by atoms with van der Waals surface area (Å²) in [6.45, 7) is 3.50. The van der Waals surface area contributed by atoms with Crippen LogP contribution in [0.25, 0.3) is 0 Å². The van der Waals surface area contributed by atoms with E-state index < -0.39 is 32.5 Å². The van der Waals surface area contributed by atoms with Crippen LogP contribution in [0.4, 0.5) is 0 Å². The molecule has 0 spiro atoms. The summed E-state index contributed by atoms with van der Waals surface area (Å²) in [5.74, 6) is -0.933. The first-order chi connectivity index (χ1) is 23.8. The van der Waals surface area contributed by atoms with E-state index >= 15 is 0 Å². The molecule has 1 unspecified atom stereocenters. The van der Waals surface area contributed by atoms with Crippen molar-refractivity contribution in [1.82, 2.24) is 0 Å². The van der Waals surface area contributed by atoms with Crippen molar-refractivity contribution in [3.63, 3.8) is 0 Å². The van der Waals surface area contributed by atoms with E-state index in [4.69, 9.17) is 19.3 Å². The summed E-state index contributed by atoms with van der Waals surface area (Å²) in [4.78, 5) is 42.7. The van der Waals surface area contributed by atoms with Gasteiger partial charge in [0.15, 0.2) is 6.10 Å². The van der Waals surface area contributed by atoms with Gasteiger partial charge in [-0.25, -0.2) is 4.57 Å². The largest absolute Gasteiger partial charge is 0.469 e. The van der Waals surface area contributed by atoms with Crippen LogP contribution in [0.3, 0.4) is 0 Å². The standard InChI is InChI=1S/C40H69O8P/c1-3-5-7-9-11-13-15-17-18-19-20-21-23-24-26-28-30-32-34-39(41)46-36-38(37-47-49(43,44)45)48-40(42)35-33-31-29-27-25-22-16-14-12-10-8-6-4-2/h6,8,12-15,18-19,22,25,38H,3-5,7,9-11,16-17,20-21,23-24,26-37H2,1-2H3,(H2,43,44,45)/b8-6-,14-12-,15-13-,19-18-,25-22-. The van der Waals surface area contributed by atoms with E-state index in [0.717, 1.165) is 70.6 Å². The summed E-state index contributed by atoms with van der Waals surface area (Å²) in [5.41, 5.74) is 0. The lowest BCUT2D eigenvalue weighted by molar-refractivity contribution is -0.161. The molecule has 0 saturated carbocycles. The molecular formula is C40H69O8P. The number of unbranched alkanes of at least 4 members (excludes halogenated alkanes) is 14. The lowest BCUT2D eigenvalue weighted by Gasteiger charge is -2.18. The molecule has 0 bridgehead atoms. The Morgan fingerprint density at radius 3 is 1.49 bits per heavy atom.